The van der Waals surface area contributed by atoms with Crippen LogP contribution in [0.3, 0.4) is 0 Å². The largest absolute Gasteiger partial charge is 0.383 e. The van der Waals surface area contributed by atoms with Gasteiger partial charge in [0.1, 0.15) is 0 Å². The molecule has 1 N–H and O–H groups in total. The van der Waals surface area contributed by atoms with Gasteiger partial charge in [-0.3, -0.25) is 9.78 Å². The summed E-state index contributed by atoms with van der Waals surface area (Å²) in [5.74, 6) is -0.0925. The Balaban J connectivity index is 1.62. The molecular formula is C21H20ClN3O. The molecule has 0 radical (unpaired) electrons. The Labute approximate surface area is 158 Å². The van der Waals surface area contributed by atoms with Gasteiger partial charge in [0.2, 0.25) is 0 Å². The zero-order valence-electron chi connectivity index (χ0n) is 14.5. The summed E-state index contributed by atoms with van der Waals surface area (Å²) in [6, 6.07) is 19.2. The molecule has 1 aromatic heterocycles. The van der Waals surface area contributed by atoms with Crippen molar-refractivity contribution in [2.75, 3.05) is 23.8 Å². The molecule has 0 saturated carbocycles. The number of pyridine rings is 1. The number of aromatic nitrogens is 1. The number of benzene rings is 2. The van der Waals surface area contributed by atoms with Crippen LogP contribution in [0.4, 0.5) is 11.4 Å². The van der Waals surface area contributed by atoms with Gasteiger partial charge < -0.3 is 10.2 Å². The van der Waals surface area contributed by atoms with Gasteiger partial charge in [-0.1, -0.05) is 41.9 Å². The topological polar surface area (TPSA) is 45.2 Å². The molecule has 4 nitrogen and oxygen atoms in total. The number of anilines is 2. The van der Waals surface area contributed by atoms with Gasteiger partial charge >= 0.3 is 0 Å². The van der Waals surface area contributed by atoms with Crippen LogP contribution in [0.1, 0.15) is 15.9 Å². The number of nitrogens with one attached hydrogen (secondary N) is 1. The third-order valence-corrected chi connectivity index (χ3v) is 4.34. The number of para-hydroxylation sites is 1. The number of carbonyl (C=O) groups is 1. The molecule has 0 fully saturated rings. The monoisotopic (exact) mass is 365 g/mol. The second-order valence-corrected chi connectivity index (χ2v) is 6.40. The van der Waals surface area contributed by atoms with E-state index in [0.29, 0.717) is 5.56 Å². The van der Waals surface area contributed by atoms with Crippen molar-refractivity contribution in [2.45, 2.75) is 6.42 Å². The molecule has 0 aliphatic heterocycles. The summed E-state index contributed by atoms with van der Waals surface area (Å²) in [6.07, 6.45) is 4.17. The molecular weight excluding hydrogens is 346 g/mol. The first-order chi connectivity index (χ1) is 12.6. The lowest BCUT2D eigenvalue weighted by Gasteiger charge is -2.17. The van der Waals surface area contributed by atoms with Gasteiger partial charge in [0.25, 0.3) is 5.91 Å². The summed E-state index contributed by atoms with van der Waals surface area (Å²) in [6.45, 7) is 0.746. The molecule has 3 rings (SSSR count). The van der Waals surface area contributed by atoms with E-state index in [0.717, 1.165) is 29.4 Å². The third kappa shape index (κ3) is 4.61. The highest BCUT2D eigenvalue weighted by Crippen LogP contribution is 2.17. The summed E-state index contributed by atoms with van der Waals surface area (Å²) in [7, 11) is 1.76. The molecule has 0 spiro atoms. The lowest BCUT2D eigenvalue weighted by atomic mass is 10.1. The summed E-state index contributed by atoms with van der Waals surface area (Å²) in [5, 5.41) is 4.05. The Morgan fingerprint density at radius 3 is 2.54 bits per heavy atom. The highest BCUT2D eigenvalue weighted by Gasteiger charge is 2.14. The van der Waals surface area contributed by atoms with Crippen molar-refractivity contribution in [1.29, 1.82) is 0 Å². The second kappa shape index (κ2) is 8.50. The van der Waals surface area contributed by atoms with E-state index in [1.807, 2.05) is 60.7 Å². The summed E-state index contributed by atoms with van der Waals surface area (Å²) < 4.78 is 0. The maximum Gasteiger partial charge on any atom is 0.259 e. The van der Waals surface area contributed by atoms with Gasteiger partial charge in [-0.15, -0.1) is 0 Å². The quantitative estimate of drug-likeness (QED) is 0.690. The Morgan fingerprint density at radius 1 is 1.08 bits per heavy atom. The van der Waals surface area contributed by atoms with Crippen molar-refractivity contribution in [3.05, 3.63) is 89.2 Å². The summed E-state index contributed by atoms with van der Waals surface area (Å²) >= 11 is 5.90. The average molecular weight is 366 g/mol. The van der Waals surface area contributed by atoms with E-state index in [1.54, 1.807) is 24.3 Å². The fourth-order valence-electron chi connectivity index (χ4n) is 2.62. The van der Waals surface area contributed by atoms with Gasteiger partial charge in [0.15, 0.2) is 0 Å². The van der Waals surface area contributed by atoms with Gasteiger partial charge in [0, 0.05) is 36.7 Å². The standard InChI is InChI=1S/C21H20ClN3O/c1-25(20-5-3-2-4-6-20)21(26)17-13-19(15-23-14-17)24-12-11-16-7-9-18(22)10-8-16/h2-10,13-15,24H,11-12H2,1H3. The molecule has 3 aromatic rings. The van der Waals surface area contributed by atoms with Crippen LogP contribution < -0.4 is 10.2 Å². The molecule has 1 amide bonds. The Hall–Kier alpha value is -2.85. The minimum atomic E-state index is -0.0925. The molecule has 0 atom stereocenters. The van der Waals surface area contributed by atoms with E-state index < -0.39 is 0 Å². The van der Waals surface area contributed by atoms with E-state index in [-0.39, 0.29) is 5.91 Å². The summed E-state index contributed by atoms with van der Waals surface area (Å²) in [5.41, 5.74) is 3.42. The van der Waals surface area contributed by atoms with Gasteiger partial charge in [0.05, 0.1) is 11.3 Å². The lowest BCUT2D eigenvalue weighted by molar-refractivity contribution is 0.0992. The minimum Gasteiger partial charge on any atom is -0.383 e. The normalized spacial score (nSPS) is 10.4. The van der Waals surface area contributed by atoms with Crippen molar-refractivity contribution in [1.82, 2.24) is 4.98 Å². The molecule has 26 heavy (non-hydrogen) atoms. The molecule has 0 aliphatic rings. The SMILES string of the molecule is CN(C(=O)c1cncc(NCCc2ccc(Cl)cc2)c1)c1ccccc1. The van der Waals surface area contributed by atoms with E-state index in [1.165, 1.54) is 5.56 Å². The second-order valence-electron chi connectivity index (χ2n) is 5.97. The Bertz CT molecular complexity index is 866. The first kappa shape index (κ1) is 18.0. The van der Waals surface area contributed by atoms with Crippen LogP contribution in [0, 0.1) is 0 Å². The predicted molar refractivity (Wildman–Crippen MR) is 107 cm³/mol. The van der Waals surface area contributed by atoms with Gasteiger partial charge in [-0.25, -0.2) is 0 Å². The number of hydrogen-bond acceptors (Lipinski definition) is 3. The number of rotatable bonds is 6. The van der Waals surface area contributed by atoms with Gasteiger partial charge in [-0.05, 0) is 42.3 Å². The molecule has 0 saturated heterocycles. The summed E-state index contributed by atoms with van der Waals surface area (Å²) in [4.78, 5) is 18.5. The van der Waals surface area contributed by atoms with Crippen LogP contribution in [0.5, 0.6) is 0 Å². The highest BCUT2D eigenvalue weighted by atomic mass is 35.5. The molecule has 132 valence electrons. The number of carbonyl (C=O) groups excluding carboxylic acids is 1. The van der Waals surface area contributed by atoms with Crippen molar-refractivity contribution in [2.24, 2.45) is 0 Å². The van der Waals surface area contributed by atoms with E-state index in [9.17, 15) is 4.79 Å². The van der Waals surface area contributed by atoms with Crippen LogP contribution in [0.2, 0.25) is 5.02 Å². The number of nitrogens with zero attached hydrogens (tertiary/aromatic N) is 2. The van der Waals surface area contributed by atoms with E-state index >= 15 is 0 Å². The minimum absolute atomic E-state index is 0.0925. The highest BCUT2D eigenvalue weighted by molar-refractivity contribution is 6.30. The van der Waals surface area contributed by atoms with E-state index in [4.69, 9.17) is 11.6 Å². The van der Waals surface area contributed by atoms with Crippen LogP contribution >= 0.6 is 11.6 Å². The third-order valence-electron chi connectivity index (χ3n) is 4.09. The zero-order valence-corrected chi connectivity index (χ0v) is 15.3. The lowest BCUT2D eigenvalue weighted by Crippen LogP contribution is -2.26. The molecule has 5 heteroatoms. The van der Waals surface area contributed by atoms with E-state index in [2.05, 4.69) is 10.3 Å². The average Bonchev–Trinajstić information content (AvgIpc) is 2.69. The first-order valence-corrected chi connectivity index (χ1v) is 8.78. The fraction of sp³-hybridized carbons (Fsp3) is 0.143. The van der Waals surface area contributed by atoms with Crippen LogP contribution in [0.25, 0.3) is 0 Å². The van der Waals surface area contributed by atoms with Gasteiger partial charge in [-0.2, -0.15) is 0 Å². The Kier molecular flexibility index (Phi) is 5.87. The van der Waals surface area contributed by atoms with Crippen LogP contribution in [-0.2, 0) is 6.42 Å². The maximum atomic E-state index is 12.7. The Morgan fingerprint density at radius 2 is 1.81 bits per heavy atom. The molecule has 1 heterocycles. The van der Waals surface area contributed by atoms with Crippen molar-refractivity contribution in [3.63, 3.8) is 0 Å². The number of hydrogen-bond donors (Lipinski definition) is 1. The predicted octanol–water partition coefficient (Wildman–Crippen LogP) is 4.67. The molecule has 0 aliphatic carbocycles. The molecule has 2 aromatic carbocycles. The first-order valence-electron chi connectivity index (χ1n) is 8.40. The molecule has 0 bridgehead atoms. The van der Waals surface area contributed by atoms with Crippen molar-refractivity contribution in [3.8, 4) is 0 Å². The zero-order chi connectivity index (χ0) is 18.4. The van der Waals surface area contributed by atoms with Crippen molar-refractivity contribution >= 4 is 28.9 Å². The fourth-order valence-corrected chi connectivity index (χ4v) is 2.74. The van der Waals surface area contributed by atoms with Crippen LogP contribution in [-0.4, -0.2) is 24.5 Å². The van der Waals surface area contributed by atoms with Crippen molar-refractivity contribution < 1.29 is 4.79 Å². The van der Waals surface area contributed by atoms with Crippen LogP contribution in [0.15, 0.2) is 73.1 Å². The smallest absolute Gasteiger partial charge is 0.259 e. The number of halogens is 1. The molecule has 0 unspecified atom stereocenters. The maximum absolute atomic E-state index is 12.7. The number of amides is 1.